The first kappa shape index (κ1) is 20.5. The summed E-state index contributed by atoms with van der Waals surface area (Å²) >= 11 is 1.85. The van der Waals surface area contributed by atoms with Crippen molar-refractivity contribution in [2.24, 2.45) is 5.41 Å². The van der Waals surface area contributed by atoms with Crippen molar-refractivity contribution in [3.05, 3.63) is 27.6 Å². The van der Waals surface area contributed by atoms with Gasteiger partial charge in [0.05, 0.1) is 22.5 Å². The molecule has 1 aliphatic heterocycles. The van der Waals surface area contributed by atoms with Crippen LogP contribution in [0, 0.1) is 24.2 Å². The van der Waals surface area contributed by atoms with Crippen molar-refractivity contribution in [2.45, 2.75) is 84.0 Å². The smallest absolute Gasteiger partial charge is 0.0844 e. The van der Waals surface area contributed by atoms with E-state index in [1.807, 2.05) is 11.3 Å². The SMILES string of the molecule is Cc1sc(C#CC(C)(C)C)cc1N(C=C1CCC1)C1CCC2(CC1)OCCP2. The van der Waals surface area contributed by atoms with Crippen LogP contribution in [0.3, 0.4) is 0 Å². The maximum atomic E-state index is 6.18. The minimum Gasteiger partial charge on any atom is -0.370 e. The molecule has 1 atom stereocenters. The van der Waals surface area contributed by atoms with E-state index in [2.05, 4.69) is 56.7 Å². The molecule has 1 aromatic rings. The zero-order valence-corrected chi connectivity index (χ0v) is 19.7. The molecule has 0 aromatic carbocycles. The minimum atomic E-state index is 0.0470. The van der Waals surface area contributed by atoms with E-state index >= 15 is 0 Å². The molecular formula is C24H34NOPS. The summed E-state index contributed by atoms with van der Waals surface area (Å²) in [5.74, 6) is 6.83. The van der Waals surface area contributed by atoms with Gasteiger partial charge in [-0.15, -0.1) is 11.3 Å². The maximum Gasteiger partial charge on any atom is 0.0844 e. The lowest BCUT2D eigenvalue weighted by atomic mass is 9.89. The highest BCUT2D eigenvalue weighted by Gasteiger charge is 2.40. The molecule has 2 aliphatic carbocycles. The van der Waals surface area contributed by atoms with E-state index in [0.29, 0.717) is 6.04 Å². The molecule has 4 heteroatoms. The Morgan fingerprint density at radius 2 is 2.04 bits per heavy atom. The average Bonchev–Trinajstić information content (AvgIpc) is 3.20. The topological polar surface area (TPSA) is 12.5 Å². The molecule has 1 unspecified atom stereocenters. The van der Waals surface area contributed by atoms with Crippen molar-refractivity contribution in [1.29, 1.82) is 0 Å². The van der Waals surface area contributed by atoms with E-state index in [1.165, 1.54) is 66.5 Å². The number of anilines is 1. The van der Waals surface area contributed by atoms with Gasteiger partial charge in [0.1, 0.15) is 0 Å². The molecule has 0 radical (unpaired) electrons. The summed E-state index contributed by atoms with van der Waals surface area (Å²) in [6.45, 7) is 9.78. The third kappa shape index (κ3) is 4.67. The van der Waals surface area contributed by atoms with Crippen molar-refractivity contribution in [1.82, 2.24) is 0 Å². The summed E-state index contributed by atoms with van der Waals surface area (Å²) in [7, 11) is 1.01. The predicted octanol–water partition coefficient (Wildman–Crippen LogP) is 6.68. The Hall–Kier alpha value is -0.810. The predicted molar refractivity (Wildman–Crippen MR) is 124 cm³/mol. The second kappa shape index (κ2) is 8.14. The summed E-state index contributed by atoms with van der Waals surface area (Å²) in [4.78, 5) is 5.22. The number of allylic oxidation sites excluding steroid dienone is 1. The van der Waals surface area contributed by atoms with Crippen LogP contribution in [0.1, 0.15) is 75.5 Å². The van der Waals surface area contributed by atoms with E-state index < -0.39 is 0 Å². The van der Waals surface area contributed by atoms with Gasteiger partial charge >= 0.3 is 0 Å². The first-order valence-corrected chi connectivity index (χ1v) is 12.9. The van der Waals surface area contributed by atoms with Crippen LogP contribution in [-0.2, 0) is 4.74 Å². The molecule has 0 bridgehead atoms. The van der Waals surface area contributed by atoms with Crippen molar-refractivity contribution >= 4 is 25.6 Å². The van der Waals surface area contributed by atoms with Crippen molar-refractivity contribution in [3.63, 3.8) is 0 Å². The van der Waals surface area contributed by atoms with Crippen LogP contribution in [-0.4, -0.2) is 24.2 Å². The molecule has 28 heavy (non-hydrogen) atoms. The number of nitrogens with zero attached hydrogens (tertiary/aromatic N) is 1. The Morgan fingerprint density at radius 3 is 2.61 bits per heavy atom. The van der Waals surface area contributed by atoms with E-state index in [1.54, 1.807) is 5.57 Å². The summed E-state index contributed by atoms with van der Waals surface area (Å²) in [6, 6.07) is 2.94. The molecule has 0 amide bonds. The molecule has 2 nitrogen and oxygen atoms in total. The third-order valence-corrected chi connectivity index (χ3v) is 8.83. The molecule has 0 N–H and O–H groups in total. The largest absolute Gasteiger partial charge is 0.370 e. The number of hydrogen-bond donors (Lipinski definition) is 0. The van der Waals surface area contributed by atoms with Crippen molar-refractivity contribution < 1.29 is 4.74 Å². The number of hydrogen-bond acceptors (Lipinski definition) is 3. The average molecular weight is 416 g/mol. The number of ether oxygens (including phenoxy) is 1. The number of thiophene rings is 1. The lowest BCUT2D eigenvalue weighted by Gasteiger charge is -2.41. The fourth-order valence-corrected chi connectivity index (χ4v) is 6.74. The molecule has 1 saturated heterocycles. The van der Waals surface area contributed by atoms with E-state index in [4.69, 9.17) is 4.74 Å². The maximum absolute atomic E-state index is 6.18. The summed E-state index contributed by atoms with van der Waals surface area (Å²) in [5, 5.41) is 0.235. The van der Waals surface area contributed by atoms with Gasteiger partial charge in [-0.05, 0) is 84.9 Å². The lowest BCUT2D eigenvalue weighted by Crippen LogP contribution is -2.40. The second-order valence-electron chi connectivity index (χ2n) is 9.60. The monoisotopic (exact) mass is 415 g/mol. The Bertz CT molecular complexity index is 785. The summed E-state index contributed by atoms with van der Waals surface area (Å²) in [5.41, 5.74) is 3.05. The van der Waals surface area contributed by atoms with E-state index in [-0.39, 0.29) is 10.8 Å². The molecular weight excluding hydrogens is 381 g/mol. The zero-order valence-electron chi connectivity index (χ0n) is 17.9. The lowest BCUT2D eigenvalue weighted by molar-refractivity contribution is 0.0185. The van der Waals surface area contributed by atoms with Gasteiger partial charge in [-0.25, -0.2) is 0 Å². The van der Waals surface area contributed by atoms with Gasteiger partial charge in [0.15, 0.2) is 0 Å². The highest BCUT2D eigenvalue weighted by Crippen LogP contribution is 2.50. The molecule has 152 valence electrons. The van der Waals surface area contributed by atoms with Gasteiger partial charge in [-0.2, -0.15) is 0 Å². The first-order valence-electron chi connectivity index (χ1n) is 10.8. The summed E-state index contributed by atoms with van der Waals surface area (Å²) < 4.78 is 6.18. The van der Waals surface area contributed by atoms with Gasteiger partial charge in [0.2, 0.25) is 0 Å². The Morgan fingerprint density at radius 1 is 1.29 bits per heavy atom. The van der Waals surface area contributed by atoms with Crippen LogP contribution >= 0.6 is 19.9 Å². The molecule has 1 spiro atoms. The minimum absolute atomic E-state index is 0.0470. The highest BCUT2D eigenvalue weighted by atomic mass is 32.1. The number of rotatable bonds is 3. The molecule has 4 rings (SSSR count). The number of aryl methyl sites for hydroxylation is 1. The quantitative estimate of drug-likeness (QED) is 0.403. The van der Waals surface area contributed by atoms with Crippen LogP contribution in [0.2, 0.25) is 0 Å². The molecule has 2 heterocycles. The fraction of sp³-hybridized carbons (Fsp3) is 0.667. The molecule has 3 aliphatic rings. The highest BCUT2D eigenvalue weighted by molar-refractivity contribution is 7.40. The Kier molecular flexibility index (Phi) is 5.95. The summed E-state index contributed by atoms with van der Waals surface area (Å²) in [6.07, 6.45) is 12.6. The second-order valence-corrected chi connectivity index (χ2v) is 12.6. The first-order chi connectivity index (χ1) is 13.3. The van der Waals surface area contributed by atoms with Gasteiger partial charge in [-0.3, -0.25) is 0 Å². The van der Waals surface area contributed by atoms with Crippen LogP contribution in [0.4, 0.5) is 5.69 Å². The standard InChI is InChI=1S/C24H34NOPS/c1-18-22(16-21(28-18)10-11-23(2,3)4)25(17-19-6-5-7-19)20-8-12-24(13-9-20)26-14-15-27-24/h16-17,20,27H,5-9,12-15H2,1-4H3. The van der Waals surface area contributed by atoms with E-state index in [0.717, 1.165) is 15.2 Å². The third-order valence-electron chi connectivity index (χ3n) is 6.13. The van der Waals surface area contributed by atoms with Gasteiger partial charge in [0.25, 0.3) is 0 Å². The Labute approximate surface area is 176 Å². The van der Waals surface area contributed by atoms with Crippen LogP contribution in [0.5, 0.6) is 0 Å². The van der Waals surface area contributed by atoms with Crippen LogP contribution in [0.25, 0.3) is 0 Å². The van der Waals surface area contributed by atoms with Gasteiger partial charge in [-0.1, -0.05) is 26.0 Å². The zero-order chi connectivity index (χ0) is 19.8. The van der Waals surface area contributed by atoms with Crippen LogP contribution in [0.15, 0.2) is 17.8 Å². The van der Waals surface area contributed by atoms with Crippen molar-refractivity contribution in [3.8, 4) is 11.8 Å². The molecule has 1 aromatic heterocycles. The molecule has 3 fully saturated rings. The van der Waals surface area contributed by atoms with Crippen molar-refractivity contribution in [2.75, 3.05) is 17.7 Å². The normalized spacial score (nSPS) is 28.1. The fourth-order valence-electron chi connectivity index (χ4n) is 4.36. The van der Waals surface area contributed by atoms with Crippen LogP contribution < -0.4 is 4.90 Å². The van der Waals surface area contributed by atoms with Gasteiger partial charge < -0.3 is 9.64 Å². The molecule has 2 saturated carbocycles. The van der Waals surface area contributed by atoms with Gasteiger partial charge in [0, 0.05) is 22.5 Å². The van der Waals surface area contributed by atoms with E-state index in [9.17, 15) is 0 Å². The Balaban J connectivity index is 1.57.